The summed E-state index contributed by atoms with van der Waals surface area (Å²) in [5.41, 5.74) is 3.78. The minimum atomic E-state index is -0.150. The number of benzene rings is 2. The number of rotatable bonds is 6. The number of nitrogens with one attached hydrogen (secondary N) is 1. The van der Waals surface area contributed by atoms with Gasteiger partial charge in [0.15, 0.2) is 11.5 Å². The first-order chi connectivity index (χ1) is 12.1. The van der Waals surface area contributed by atoms with E-state index < -0.39 is 0 Å². The van der Waals surface area contributed by atoms with Crippen molar-refractivity contribution in [3.8, 4) is 11.5 Å². The molecular formula is C20H23NO3S. The van der Waals surface area contributed by atoms with Gasteiger partial charge in [-0.2, -0.15) is 0 Å². The third kappa shape index (κ3) is 5.16. The van der Waals surface area contributed by atoms with E-state index in [1.807, 2.05) is 24.3 Å². The second-order valence-electron chi connectivity index (χ2n) is 6.29. The number of aryl methyl sites for hydroxylation is 2. The van der Waals surface area contributed by atoms with Gasteiger partial charge < -0.3 is 14.8 Å². The molecule has 0 aliphatic carbocycles. The molecule has 1 aliphatic rings. The number of hydrogen-bond acceptors (Lipinski definition) is 4. The first kappa shape index (κ1) is 17.7. The molecule has 0 saturated heterocycles. The molecular weight excluding hydrogens is 334 g/mol. The van der Waals surface area contributed by atoms with E-state index in [1.54, 1.807) is 11.8 Å². The van der Waals surface area contributed by atoms with Crippen molar-refractivity contribution in [2.45, 2.75) is 25.7 Å². The fourth-order valence-corrected chi connectivity index (χ4v) is 3.65. The summed E-state index contributed by atoms with van der Waals surface area (Å²) in [5, 5.41) is 2.93. The lowest BCUT2D eigenvalue weighted by molar-refractivity contribution is -0.119. The van der Waals surface area contributed by atoms with E-state index in [1.165, 1.54) is 16.7 Å². The van der Waals surface area contributed by atoms with Crippen molar-refractivity contribution in [3.63, 3.8) is 0 Å². The summed E-state index contributed by atoms with van der Waals surface area (Å²) in [6, 6.07) is 14.1. The Bertz CT molecular complexity index is 727. The van der Waals surface area contributed by atoms with E-state index in [-0.39, 0.29) is 12.0 Å². The van der Waals surface area contributed by atoms with Crippen molar-refractivity contribution in [1.82, 2.24) is 5.32 Å². The number of fused-ring (bicyclic) bond motifs is 1. The minimum Gasteiger partial charge on any atom is -0.486 e. The normalized spacial score (nSPS) is 15.7. The lowest BCUT2D eigenvalue weighted by Crippen LogP contribution is -2.41. The highest BCUT2D eigenvalue weighted by Gasteiger charge is 2.20. The molecule has 0 aromatic heterocycles. The van der Waals surface area contributed by atoms with Gasteiger partial charge in [0.1, 0.15) is 12.7 Å². The van der Waals surface area contributed by atoms with Gasteiger partial charge in [-0.1, -0.05) is 41.5 Å². The molecule has 2 aromatic carbocycles. The summed E-state index contributed by atoms with van der Waals surface area (Å²) >= 11 is 1.62. The molecule has 0 unspecified atom stereocenters. The number of amides is 1. The Morgan fingerprint density at radius 2 is 1.88 bits per heavy atom. The van der Waals surface area contributed by atoms with Crippen LogP contribution in [0.5, 0.6) is 11.5 Å². The van der Waals surface area contributed by atoms with Crippen molar-refractivity contribution in [3.05, 3.63) is 59.2 Å². The van der Waals surface area contributed by atoms with Gasteiger partial charge >= 0.3 is 0 Å². The van der Waals surface area contributed by atoms with Crippen LogP contribution in [0, 0.1) is 13.8 Å². The molecule has 1 amide bonds. The van der Waals surface area contributed by atoms with Crippen molar-refractivity contribution in [2.75, 3.05) is 18.9 Å². The van der Waals surface area contributed by atoms with Gasteiger partial charge in [0.25, 0.3) is 0 Å². The van der Waals surface area contributed by atoms with E-state index >= 15 is 0 Å². The summed E-state index contributed by atoms with van der Waals surface area (Å²) in [7, 11) is 0. The molecule has 1 N–H and O–H groups in total. The van der Waals surface area contributed by atoms with E-state index in [9.17, 15) is 4.79 Å². The predicted octanol–water partition coefficient (Wildman–Crippen LogP) is 3.49. The Kier molecular flexibility index (Phi) is 5.87. The molecule has 0 bridgehead atoms. The van der Waals surface area contributed by atoms with Crippen LogP contribution in [-0.2, 0) is 10.5 Å². The van der Waals surface area contributed by atoms with Gasteiger partial charge in [-0.3, -0.25) is 4.79 Å². The van der Waals surface area contributed by atoms with E-state index in [0.717, 1.165) is 17.3 Å². The Hall–Kier alpha value is -2.14. The summed E-state index contributed by atoms with van der Waals surface area (Å²) in [6.45, 7) is 5.10. The molecule has 4 nitrogen and oxygen atoms in total. The monoisotopic (exact) mass is 357 g/mol. The number of thioether (sulfide) groups is 1. The minimum absolute atomic E-state index is 0.0248. The zero-order valence-corrected chi connectivity index (χ0v) is 15.4. The SMILES string of the molecule is Cc1cc(C)cc(CSCC(=O)NC[C@H]2COc3ccccc3O2)c1. The highest BCUT2D eigenvalue weighted by molar-refractivity contribution is 7.99. The van der Waals surface area contributed by atoms with E-state index in [2.05, 4.69) is 37.4 Å². The molecule has 3 rings (SSSR count). The zero-order chi connectivity index (χ0) is 17.6. The summed E-state index contributed by atoms with van der Waals surface area (Å²) in [4.78, 5) is 12.0. The van der Waals surface area contributed by atoms with Crippen molar-refractivity contribution in [1.29, 1.82) is 0 Å². The molecule has 0 radical (unpaired) electrons. The lowest BCUT2D eigenvalue weighted by atomic mass is 10.1. The average Bonchev–Trinajstić information content (AvgIpc) is 2.59. The maximum absolute atomic E-state index is 12.0. The number of carbonyl (C=O) groups is 1. The van der Waals surface area contributed by atoms with Crippen molar-refractivity contribution >= 4 is 17.7 Å². The standard InChI is InChI=1S/C20H23NO3S/c1-14-7-15(2)9-16(8-14)12-25-13-20(22)21-10-17-11-23-18-5-3-4-6-19(18)24-17/h3-9,17H,10-13H2,1-2H3,(H,21,22)/t17-/m0/s1. The van der Waals surface area contributed by atoms with Crippen LogP contribution in [0.3, 0.4) is 0 Å². The maximum Gasteiger partial charge on any atom is 0.230 e. The molecule has 1 atom stereocenters. The van der Waals surface area contributed by atoms with Crippen molar-refractivity contribution < 1.29 is 14.3 Å². The number of carbonyl (C=O) groups excluding carboxylic acids is 1. The molecule has 25 heavy (non-hydrogen) atoms. The summed E-state index contributed by atoms with van der Waals surface area (Å²) in [5.74, 6) is 2.80. The second kappa shape index (κ2) is 8.30. The number of ether oxygens (including phenoxy) is 2. The fourth-order valence-electron chi connectivity index (χ4n) is 2.86. The molecule has 2 aromatic rings. The van der Waals surface area contributed by atoms with Crippen LogP contribution >= 0.6 is 11.8 Å². The van der Waals surface area contributed by atoms with E-state index in [0.29, 0.717) is 18.9 Å². The Balaban J connectivity index is 1.39. The zero-order valence-electron chi connectivity index (χ0n) is 14.6. The smallest absolute Gasteiger partial charge is 0.230 e. The summed E-state index contributed by atoms with van der Waals surface area (Å²) < 4.78 is 11.5. The van der Waals surface area contributed by atoms with Crippen LogP contribution in [0.1, 0.15) is 16.7 Å². The maximum atomic E-state index is 12.0. The predicted molar refractivity (Wildman–Crippen MR) is 101 cm³/mol. The van der Waals surface area contributed by atoms with Crippen LogP contribution < -0.4 is 14.8 Å². The van der Waals surface area contributed by atoms with Gasteiger partial charge in [0.2, 0.25) is 5.91 Å². The molecule has 0 spiro atoms. The van der Waals surface area contributed by atoms with Gasteiger partial charge in [0.05, 0.1) is 12.3 Å². The number of para-hydroxylation sites is 2. The number of hydrogen-bond donors (Lipinski definition) is 1. The fraction of sp³-hybridized carbons (Fsp3) is 0.350. The lowest BCUT2D eigenvalue weighted by Gasteiger charge is -2.26. The third-order valence-corrected chi connectivity index (χ3v) is 4.88. The first-order valence-electron chi connectivity index (χ1n) is 8.40. The van der Waals surface area contributed by atoms with Gasteiger partial charge in [-0.05, 0) is 31.5 Å². The molecule has 1 heterocycles. The van der Waals surface area contributed by atoms with E-state index in [4.69, 9.17) is 9.47 Å². The van der Waals surface area contributed by atoms with Gasteiger partial charge in [-0.15, -0.1) is 11.8 Å². The second-order valence-corrected chi connectivity index (χ2v) is 7.28. The highest BCUT2D eigenvalue weighted by Crippen LogP contribution is 2.30. The quantitative estimate of drug-likeness (QED) is 0.860. The molecule has 1 aliphatic heterocycles. The summed E-state index contributed by atoms with van der Waals surface area (Å²) in [6.07, 6.45) is -0.150. The van der Waals surface area contributed by atoms with Gasteiger partial charge in [-0.25, -0.2) is 0 Å². The van der Waals surface area contributed by atoms with Crippen LogP contribution in [0.4, 0.5) is 0 Å². The average molecular weight is 357 g/mol. The Labute approximate surface area is 152 Å². The molecule has 5 heteroatoms. The molecule has 0 saturated carbocycles. The Morgan fingerprint density at radius 3 is 2.64 bits per heavy atom. The Morgan fingerprint density at radius 1 is 1.16 bits per heavy atom. The van der Waals surface area contributed by atoms with Crippen LogP contribution in [0.15, 0.2) is 42.5 Å². The third-order valence-electron chi connectivity index (χ3n) is 3.88. The molecule has 0 fully saturated rings. The topological polar surface area (TPSA) is 47.6 Å². The first-order valence-corrected chi connectivity index (χ1v) is 9.56. The van der Waals surface area contributed by atoms with Crippen LogP contribution in [0.2, 0.25) is 0 Å². The van der Waals surface area contributed by atoms with Gasteiger partial charge in [0, 0.05) is 5.75 Å². The largest absolute Gasteiger partial charge is 0.486 e. The van der Waals surface area contributed by atoms with Crippen molar-refractivity contribution in [2.24, 2.45) is 0 Å². The van der Waals surface area contributed by atoms with Crippen LogP contribution in [0.25, 0.3) is 0 Å². The highest BCUT2D eigenvalue weighted by atomic mass is 32.2. The molecule has 132 valence electrons. The van der Waals surface area contributed by atoms with Crippen LogP contribution in [-0.4, -0.2) is 30.9 Å².